The highest BCUT2D eigenvalue weighted by atomic mass is 35.5. The smallest absolute Gasteiger partial charge is 0.270 e. The van der Waals surface area contributed by atoms with Gasteiger partial charge < -0.3 is 10.2 Å². The summed E-state index contributed by atoms with van der Waals surface area (Å²) in [7, 11) is 4.08. The highest BCUT2D eigenvalue weighted by Gasteiger charge is 2.10. The number of halogens is 1. The lowest BCUT2D eigenvalue weighted by atomic mass is 10.1. The van der Waals surface area contributed by atoms with Gasteiger partial charge in [-0.15, -0.1) is 0 Å². The minimum absolute atomic E-state index is 0.0226. The van der Waals surface area contributed by atoms with Gasteiger partial charge in [0.15, 0.2) is 0 Å². The van der Waals surface area contributed by atoms with Crippen molar-refractivity contribution in [3.63, 3.8) is 0 Å². The van der Waals surface area contributed by atoms with E-state index < -0.39 is 4.92 Å². The van der Waals surface area contributed by atoms with Gasteiger partial charge in [0.25, 0.3) is 5.69 Å². The Hall–Kier alpha value is -1.17. The molecule has 0 amide bonds. The van der Waals surface area contributed by atoms with Gasteiger partial charge in [-0.3, -0.25) is 10.1 Å². The predicted molar refractivity (Wildman–Crippen MR) is 77.6 cm³/mol. The fraction of sp³-hybridized carbons (Fsp3) is 0.538. The minimum Gasteiger partial charge on any atom is -0.310 e. The molecule has 0 bridgehead atoms. The van der Waals surface area contributed by atoms with Crippen LogP contribution in [0.4, 0.5) is 5.69 Å². The lowest BCUT2D eigenvalue weighted by Gasteiger charge is -2.17. The van der Waals surface area contributed by atoms with Gasteiger partial charge >= 0.3 is 0 Å². The normalized spacial score (nSPS) is 12.7. The molecule has 0 heterocycles. The van der Waals surface area contributed by atoms with Crippen molar-refractivity contribution in [2.24, 2.45) is 0 Å². The van der Waals surface area contributed by atoms with Crippen LogP contribution in [0, 0.1) is 10.1 Å². The molecule has 0 aliphatic heterocycles. The topological polar surface area (TPSA) is 58.4 Å². The van der Waals surface area contributed by atoms with E-state index in [1.807, 2.05) is 14.1 Å². The molecule has 0 radical (unpaired) electrons. The summed E-state index contributed by atoms with van der Waals surface area (Å²) < 4.78 is 0. The summed E-state index contributed by atoms with van der Waals surface area (Å²) >= 11 is 6.03. The van der Waals surface area contributed by atoms with Crippen LogP contribution in [0.1, 0.15) is 18.9 Å². The van der Waals surface area contributed by atoms with Crippen molar-refractivity contribution in [2.45, 2.75) is 25.9 Å². The van der Waals surface area contributed by atoms with Gasteiger partial charge in [-0.1, -0.05) is 11.6 Å². The second-order valence-electron chi connectivity index (χ2n) is 4.91. The highest BCUT2D eigenvalue weighted by molar-refractivity contribution is 6.31. The molecule has 6 heteroatoms. The van der Waals surface area contributed by atoms with Gasteiger partial charge in [-0.05, 0) is 45.6 Å². The Labute approximate surface area is 118 Å². The Morgan fingerprint density at radius 2 is 2.16 bits per heavy atom. The van der Waals surface area contributed by atoms with E-state index in [1.165, 1.54) is 12.1 Å². The van der Waals surface area contributed by atoms with Gasteiger partial charge in [0.2, 0.25) is 0 Å². The molecular formula is C13H20ClN3O2. The number of nitrogens with zero attached hydrogens (tertiary/aromatic N) is 2. The average molecular weight is 286 g/mol. The molecule has 0 fully saturated rings. The first kappa shape index (κ1) is 15.9. The van der Waals surface area contributed by atoms with E-state index in [4.69, 9.17) is 11.6 Å². The quantitative estimate of drug-likeness (QED) is 0.618. The van der Waals surface area contributed by atoms with Crippen molar-refractivity contribution in [3.8, 4) is 0 Å². The number of nitrogens with one attached hydrogen (secondary N) is 1. The maximum absolute atomic E-state index is 10.6. The van der Waals surface area contributed by atoms with E-state index >= 15 is 0 Å². The van der Waals surface area contributed by atoms with Crippen LogP contribution in [0.25, 0.3) is 0 Å². The molecule has 5 nitrogen and oxygen atoms in total. The lowest BCUT2D eigenvalue weighted by Crippen LogP contribution is -2.29. The zero-order valence-electron chi connectivity index (χ0n) is 11.5. The van der Waals surface area contributed by atoms with Crippen molar-refractivity contribution < 1.29 is 4.92 Å². The number of hydrogen-bond acceptors (Lipinski definition) is 4. The Morgan fingerprint density at radius 3 is 2.68 bits per heavy atom. The monoisotopic (exact) mass is 285 g/mol. The van der Waals surface area contributed by atoms with Gasteiger partial charge in [-0.25, -0.2) is 0 Å². The summed E-state index contributed by atoms with van der Waals surface area (Å²) in [6.45, 7) is 3.75. The summed E-state index contributed by atoms with van der Waals surface area (Å²) in [5, 5.41) is 14.4. The molecule has 106 valence electrons. The molecule has 0 aliphatic rings. The second kappa shape index (κ2) is 7.43. The Balaban J connectivity index is 2.51. The second-order valence-corrected chi connectivity index (χ2v) is 5.31. The molecule has 0 aromatic heterocycles. The molecule has 1 aromatic rings. The van der Waals surface area contributed by atoms with E-state index in [-0.39, 0.29) is 5.69 Å². The van der Waals surface area contributed by atoms with Gasteiger partial charge in [-0.2, -0.15) is 0 Å². The van der Waals surface area contributed by atoms with Crippen LogP contribution in [0.15, 0.2) is 18.2 Å². The van der Waals surface area contributed by atoms with E-state index in [1.54, 1.807) is 6.07 Å². The maximum atomic E-state index is 10.6. The number of benzene rings is 1. The SMILES string of the molecule is CC(CCN(C)C)NCc1ccc([N+](=O)[O-])cc1Cl. The zero-order valence-corrected chi connectivity index (χ0v) is 12.3. The van der Waals surface area contributed by atoms with Crippen LogP contribution < -0.4 is 5.32 Å². The molecule has 19 heavy (non-hydrogen) atoms. The van der Waals surface area contributed by atoms with Crippen molar-refractivity contribution in [1.29, 1.82) is 0 Å². The Morgan fingerprint density at radius 1 is 1.47 bits per heavy atom. The third-order valence-electron chi connectivity index (χ3n) is 2.90. The Kier molecular flexibility index (Phi) is 6.21. The first-order valence-corrected chi connectivity index (χ1v) is 6.59. The molecule has 0 aliphatic carbocycles. The molecule has 1 atom stereocenters. The largest absolute Gasteiger partial charge is 0.310 e. The minimum atomic E-state index is -0.442. The van der Waals surface area contributed by atoms with E-state index in [2.05, 4.69) is 17.1 Å². The maximum Gasteiger partial charge on any atom is 0.270 e. The molecular weight excluding hydrogens is 266 g/mol. The van der Waals surface area contributed by atoms with Crippen LogP contribution in [0.5, 0.6) is 0 Å². The molecule has 1 aromatic carbocycles. The summed E-state index contributed by atoms with van der Waals surface area (Å²) in [5.41, 5.74) is 0.901. The van der Waals surface area contributed by atoms with Gasteiger partial charge in [0, 0.05) is 24.7 Å². The molecule has 0 spiro atoms. The van der Waals surface area contributed by atoms with Gasteiger partial charge in [0.1, 0.15) is 0 Å². The number of hydrogen-bond donors (Lipinski definition) is 1. The van der Waals surface area contributed by atoms with E-state index in [0.29, 0.717) is 17.6 Å². The molecule has 0 saturated heterocycles. The third-order valence-corrected chi connectivity index (χ3v) is 3.25. The fourth-order valence-corrected chi connectivity index (χ4v) is 1.87. The third kappa shape index (κ3) is 5.55. The lowest BCUT2D eigenvalue weighted by molar-refractivity contribution is -0.384. The standard InChI is InChI=1S/C13H20ClN3O2/c1-10(6-7-16(2)3)15-9-11-4-5-12(17(18)19)8-13(11)14/h4-5,8,10,15H,6-7,9H2,1-3H3. The summed E-state index contributed by atoms with van der Waals surface area (Å²) in [6.07, 6.45) is 1.04. The average Bonchev–Trinajstić information content (AvgIpc) is 2.34. The zero-order chi connectivity index (χ0) is 14.4. The number of nitro benzene ring substituents is 1. The molecule has 0 saturated carbocycles. The molecule has 1 rings (SSSR count). The van der Waals surface area contributed by atoms with Crippen molar-refractivity contribution >= 4 is 17.3 Å². The highest BCUT2D eigenvalue weighted by Crippen LogP contribution is 2.22. The fourth-order valence-electron chi connectivity index (χ4n) is 1.63. The number of rotatable bonds is 7. The van der Waals surface area contributed by atoms with Gasteiger partial charge in [0.05, 0.1) is 9.95 Å². The van der Waals surface area contributed by atoms with Crippen molar-refractivity contribution in [2.75, 3.05) is 20.6 Å². The number of non-ortho nitro benzene ring substituents is 1. The van der Waals surface area contributed by atoms with Crippen molar-refractivity contribution in [1.82, 2.24) is 10.2 Å². The summed E-state index contributed by atoms with van der Waals surface area (Å²) in [5.74, 6) is 0. The van der Waals surface area contributed by atoms with Crippen molar-refractivity contribution in [3.05, 3.63) is 38.9 Å². The van der Waals surface area contributed by atoms with Crippen LogP contribution >= 0.6 is 11.6 Å². The van der Waals surface area contributed by atoms with Crippen LogP contribution in [0.3, 0.4) is 0 Å². The first-order chi connectivity index (χ1) is 8.90. The number of nitro groups is 1. The first-order valence-electron chi connectivity index (χ1n) is 6.21. The molecule has 1 unspecified atom stereocenters. The summed E-state index contributed by atoms with van der Waals surface area (Å²) in [6, 6.07) is 4.94. The van der Waals surface area contributed by atoms with E-state index in [0.717, 1.165) is 18.5 Å². The van der Waals surface area contributed by atoms with Crippen LogP contribution in [-0.4, -0.2) is 36.5 Å². The summed E-state index contributed by atoms with van der Waals surface area (Å²) in [4.78, 5) is 12.3. The van der Waals surface area contributed by atoms with E-state index in [9.17, 15) is 10.1 Å². The van der Waals surface area contributed by atoms with Crippen LogP contribution in [-0.2, 0) is 6.54 Å². The van der Waals surface area contributed by atoms with Crippen LogP contribution in [0.2, 0.25) is 5.02 Å². The Bertz CT molecular complexity index is 438. The predicted octanol–water partition coefficient (Wildman–Crippen LogP) is 2.68. The molecule has 1 N–H and O–H groups in total.